The summed E-state index contributed by atoms with van der Waals surface area (Å²) >= 11 is 0. The average Bonchev–Trinajstić information content (AvgIpc) is 2.40. The number of allylic oxidation sites excluding steroid dienone is 3. The fraction of sp³-hybridized carbons (Fsp3) is 0.231. The SMILES string of the molecule is CCOC(=O)C1=C(C)NC(=C(C#N)C#N)C(C#N)=C1. The number of hydrogen-bond acceptors (Lipinski definition) is 6. The minimum Gasteiger partial charge on any atom is -0.462 e. The summed E-state index contributed by atoms with van der Waals surface area (Å²) in [5, 5.41) is 29.4. The highest BCUT2D eigenvalue weighted by atomic mass is 16.5. The molecule has 1 aliphatic rings. The lowest BCUT2D eigenvalue weighted by atomic mass is 10.0. The minimum absolute atomic E-state index is 0.0479. The van der Waals surface area contributed by atoms with Crippen molar-refractivity contribution in [3.05, 3.63) is 34.2 Å². The van der Waals surface area contributed by atoms with Crippen LogP contribution in [-0.2, 0) is 9.53 Å². The summed E-state index contributed by atoms with van der Waals surface area (Å²) in [7, 11) is 0. The topological polar surface area (TPSA) is 110 Å². The van der Waals surface area contributed by atoms with Crippen LogP contribution in [0.5, 0.6) is 0 Å². The van der Waals surface area contributed by atoms with Gasteiger partial charge >= 0.3 is 5.97 Å². The van der Waals surface area contributed by atoms with E-state index in [0.29, 0.717) is 5.70 Å². The van der Waals surface area contributed by atoms with Crippen LogP contribution in [0, 0.1) is 34.0 Å². The molecule has 0 amide bonds. The monoisotopic (exact) mass is 254 g/mol. The second-order valence-corrected chi connectivity index (χ2v) is 3.53. The normalized spacial score (nSPS) is 13.4. The second-order valence-electron chi connectivity index (χ2n) is 3.53. The van der Waals surface area contributed by atoms with Crippen molar-refractivity contribution in [2.75, 3.05) is 6.61 Å². The average molecular weight is 254 g/mol. The van der Waals surface area contributed by atoms with E-state index in [1.54, 1.807) is 26.0 Å². The van der Waals surface area contributed by atoms with Crippen LogP contribution in [-0.4, -0.2) is 12.6 Å². The first kappa shape index (κ1) is 14.0. The van der Waals surface area contributed by atoms with Crippen LogP contribution < -0.4 is 5.32 Å². The number of nitriles is 3. The first-order valence-electron chi connectivity index (χ1n) is 5.40. The highest BCUT2D eigenvalue weighted by Crippen LogP contribution is 2.22. The Kier molecular flexibility index (Phi) is 4.46. The molecule has 0 fully saturated rings. The molecular weight excluding hydrogens is 244 g/mol. The Morgan fingerprint density at radius 3 is 2.47 bits per heavy atom. The van der Waals surface area contributed by atoms with Crippen LogP contribution in [0.4, 0.5) is 0 Å². The summed E-state index contributed by atoms with van der Waals surface area (Å²) in [6.45, 7) is 3.49. The molecule has 94 valence electrons. The number of rotatable bonds is 2. The summed E-state index contributed by atoms with van der Waals surface area (Å²) in [6.07, 6.45) is 1.31. The maximum absolute atomic E-state index is 11.7. The molecule has 0 aromatic rings. The number of nitrogens with one attached hydrogen (secondary N) is 1. The molecule has 1 rings (SSSR count). The largest absolute Gasteiger partial charge is 0.462 e. The van der Waals surface area contributed by atoms with Gasteiger partial charge in [-0.05, 0) is 19.9 Å². The summed E-state index contributed by atoms with van der Waals surface area (Å²) in [5.74, 6) is -0.560. The smallest absolute Gasteiger partial charge is 0.339 e. The van der Waals surface area contributed by atoms with Gasteiger partial charge in [0, 0.05) is 5.70 Å². The zero-order valence-corrected chi connectivity index (χ0v) is 10.4. The molecule has 6 heteroatoms. The molecule has 1 aliphatic heterocycles. The van der Waals surface area contributed by atoms with Crippen molar-refractivity contribution in [2.24, 2.45) is 0 Å². The molecule has 0 aromatic heterocycles. The van der Waals surface area contributed by atoms with Crippen molar-refractivity contribution in [1.82, 2.24) is 5.32 Å². The predicted molar refractivity (Wildman–Crippen MR) is 64.4 cm³/mol. The number of dihydropyridines is 1. The fourth-order valence-corrected chi connectivity index (χ4v) is 1.49. The highest BCUT2D eigenvalue weighted by molar-refractivity contribution is 5.93. The number of nitrogens with zero attached hydrogens (tertiary/aromatic N) is 3. The van der Waals surface area contributed by atoms with E-state index < -0.39 is 5.97 Å². The number of carbonyl (C=O) groups excluding carboxylic acids is 1. The zero-order valence-electron chi connectivity index (χ0n) is 10.4. The fourth-order valence-electron chi connectivity index (χ4n) is 1.49. The van der Waals surface area contributed by atoms with E-state index in [9.17, 15) is 4.79 Å². The maximum atomic E-state index is 11.7. The van der Waals surface area contributed by atoms with E-state index in [2.05, 4.69) is 5.32 Å². The maximum Gasteiger partial charge on any atom is 0.339 e. The molecule has 6 nitrogen and oxygen atoms in total. The number of hydrogen-bond donors (Lipinski definition) is 1. The van der Waals surface area contributed by atoms with Crippen molar-refractivity contribution < 1.29 is 9.53 Å². The Morgan fingerprint density at radius 2 is 2.00 bits per heavy atom. The second kappa shape index (κ2) is 6.05. The van der Waals surface area contributed by atoms with E-state index in [-0.39, 0.29) is 29.0 Å². The number of esters is 1. The van der Waals surface area contributed by atoms with Crippen LogP contribution in [0.1, 0.15) is 13.8 Å². The number of ether oxygens (including phenoxy) is 1. The quantitative estimate of drug-likeness (QED) is 0.585. The van der Waals surface area contributed by atoms with Gasteiger partial charge in [0.15, 0.2) is 5.57 Å². The van der Waals surface area contributed by atoms with Crippen LogP contribution in [0.25, 0.3) is 0 Å². The van der Waals surface area contributed by atoms with Gasteiger partial charge in [-0.15, -0.1) is 0 Å². The van der Waals surface area contributed by atoms with Gasteiger partial charge < -0.3 is 10.1 Å². The third kappa shape index (κ3) is 2.80. The van der Waals surface area contributed by atoms with Gasteiger partial charge in [0.25, 0.3) is 0 Å². The summed E-state index contributed by atoms with van der Waals surface area (Å²) in [4.78, 5) is 11.7. The van der Waals surface area contributed by atoms with Crippen LogP contribution >= 0.6 is 0 Å². The van der Waals surface area contributed by atoms with E-state index >= 15 is 0 Å². The molecule has 0 aromatic carbocycles. The molecule has 0 atom stereocenters. The molecule has 19 heavy (non-hydrogen) atoms. The zero-order chi connectivity index (χ0) is 14.4. The van der Waals surface area contributed by atoms with Gasteiger partial charge in [0.2, 0.25) is 0 Å². The third-order valence-electron chi connectivity index (χ3n) is 2.36. The first-order valence-corrected chi connectivity index (χ1v) is 5.40. The molecule has 1 N–H and O–H groups in total. The Morgan fingerprint density at radius 1 is 1.37 bits per heavy atom. The number of carbonyl (C=O) groups is 1. The van der Waals surface area contributed by atoms with Crippen molar-refractivity contribution in [3.8, 4) is 18.2 Å². The molecule has 1 heterocycles. The van der Waals surface area contributed by atoms with E-state index in [1.165, 1.54) is 6.08 Å². The van der Waals surface area contributed by atoms with Gasteiger partial charge in [-0.1, -0.05) is 0 Å². The predicted octanol–water partition coefficient (Wildman–Crippen LogP) is 1.18. The van der Waals surface area contributed by atoms with Gasteiger partial charge in [-0.25, -0.2) is 4.79 Å². The lowest BCUT2D eigenvalue weighted by Gasteiger charge is -2.18. The van der Waals surface area contributed by atoms with Crippen LogP contribution in [0.3, 0.4) is 0 Å². The Hall–Kier alpha value is -3.04. The highest BCUT2D eigenvalue weighted by Gasteiger charge is 2.23. The van der Waals surface area contributed by atoms with Crippen LogP contribution in [0.2, 0.25) is 0 Å². The van der Waals surface area contributed by atoms with Gasteiger partial charge in [0.1, 0.15) is 18.2 Å². The minimum atomic E-state index is -0.560. The molecule has 0 radical (unpaired) electrons. The molecule has 0 unspecified atom stereocenters. The van der Waals surface area contributed by atoms with Gasteiger partial charge in [0.05, 0.1) is 23.5 Å². The van der Waals surface area contributed by atoms with Crippen molar-refractivity contribution in [3.63, 3.8) is 0 Å². The lowest BCUT2D eigenvalue weighted by Crippen LogP contribution is -2.23. The Labute approximate surface area is 110 Å². The van der Waals surface area contributed by atoms with E-state index in [0.717, 1.165) is 0 Å². The summed E-state index contributed by atoms with van der Waals surface area (Å²) in [5.41, 5.74) is 0.577. The Balaban J connectivity index is 3.33. The molecule has 0 aliphatic carbocycles. The standard InChI is InChI=1S/C13H10N4O2/c1-3-19-13(18)11-4-9(5-14)12(17-8(11)2)10(6-15)7-16/h4,17H,3H2,1-2H3. The van der Waals surface area contributed by atoms with Crippen LogP contribution in [0.15, 0.2) is 34.2 Å². The van der Waals surface area contributed by atoms with Crippen molar-refractivity contribution in [1.29, 1.82) is 15.8 Å². The molecule has 0 saturated heterocycles. The van der Waals surface area contributed by atoms with Crippen molar-refractivity contribution in [2.45, 2.75) is 13.8 Å². The van der Waals surface area contributed by atoms with E-state index in [4.69, 9.17) is 20.5 Å². The van der Waals surface area contributed by atoms with E-state index in [1.807, 2.05) is 6.07 Å². The van der Waals surface area contributed by atoms with Gasteiger partial charge in [-0.2, -0.15) is 15.8 Å². The molecule has 0 spiro atoms. The summed E-state index contributed by atoms with van der Waals surface area (Å²) < 4.78 is 4.86. The molecule has 0 saturated carbocycles. The molecule has 0 bridgehead atoms. The Bertz CT molecular complexity index is 617. The first-order chi connectivity index (χ1) is 9.08. The lowest BCUT2D eigenvalue weighted by molar-refractivity contribution is -0.138. The van der Waals surface area contributed by atoms with Gasteiger partial charge in [-0.3, -0.25) is 0 Å². The third-order valence-corrected chi connectivity index (χ3v) is 2.36. The molecular formula is C13H10N4O2. The summed E-state index contributed by atoms with van der Waals surface area (Å²) in [6, 6.07) is 5.25. The van der Waals surface area contributed by atoms with Crippen molar-refractivity contribution >= 4 is 5.97 Å².